The van der Waals surface area contributed by atoms with E-state index in [1.54, 1.807) is 0 Å². The fraction of sp³-hybridized carbons (Fsp3) is 0.833. The van der Waals surface area contributed by atoms with Crippen LogP contribution < -0.4 is 0 Å². The molecule has 3 heteroatoms. The van der Waals surface area contributed by atoms with Crippen LogP contribution in [0.4, 0.5) is 0 Å². The number of hydrogen-bond donors (Lipinski definition) is 0. The summed E-state index contributed by atoms with van der Waals surface area (Å²) in [6.45, 7) is 3.01. The number of ketones is 2. The molecule has 3 nitrogen and oxygen atoms in total. The minimum atomic E-state index is -0.298. The molecule has 15 heavy (non-hydrogen) atoms. The zero-order valence-electron chi connectivity index (χ0n) is 9.25. The lowest BCUT2D eigenvalue weighted by Crippen LogP contribution is -2.23. The van der Waals surface area contributed by atoms with Crippen LogP contribution in [0.15, 0.2) is 0 Å². The van der Waals surface area contributed by atoms with Crippen LogP contribution in [0, 0.1) is 11.3 Å². The quantitative estimate of drug-likeness (QED) is 0.513. The van der Waals surface area contributed by atoms with E-state index in [1.807, 2.05) is 6.92 Å². The van der Waals surface area contributed by atoms with E-state index in [9.17, 15) is 9.59 Å². The van der Waals surface area contributed by atoms with Gasteiger partial charge in [0.05, 0.1) is 12.5 Å². The first-order valence-corrected chi connectivity index (χ1v) is 5.84. The van der Waals surface area contributed by atoms with Gasteiger partial charge in [0, 0.05) is 18.4 Å². The average Bonchev–Trinajstić information content (AvgIpc) is 2.92. The number of rotatable bonds is 5. The van der Waals surface area contributed by atoms with Crippen molar-refractivity contribution in [3.05, 3.63) is 0 Å². The second-order valence-electron chi connectivity index (χ2n) is 4.65. The summed E-state index contributed by atoms with van der Waals surface area (Å²) in [5.74, 6) is 0.0224. The van der Waals surface area contributed by atoms with Gasteiger partial charge >= 0.3 is 0 Å². The Hall–Kier alpha value is -0.700. The zero-order valence-corrected chi connectivity index (χ0v) is 9.25. The average molecular weight is 210 g/mol. The second kappa shape index (κ2) is 4.05. The third-order valence-electron chi connectivity index (χ3n) is 3.69. The van der Waals surface area contributed by atoms with E-state index in [1.165, 1.54) is 0 Å². The van der Waals surface area contributed by atoms with Crippen molar-refractivity contribution in [2.75, 3.05) is 13.2 Å². The third-order valence-corrected chi connectivity index (χ3v) is 3.69. The zero-order chi connectivity index (χ0) is 10.9. The highest BCUT2D eigenvalue weighted by atomic mass is 16.5. The van der Waals surface area contributed by atoms with Crippen LogP contribution >= 0.6 is 0 Å². The van der Waals surface area contributed by atoms with Gasteiger partial charge in [0.2, 0.25) is 0 Å². The number of carbonyl (C=O) groups excluding carboxylic acids is 2. The van der Waals surface area contributed by atoms with Gasteiger partial charge in [0.15, 0.2) is 0 Å². The van der Waals surface area contributed by atoms with Crippen LogP contribution in [-0.2, 0) is 14.3 Å². The Morgan fingerprint density at radius 1 is 1.47 bits per heavy atom. The molecule has 84 valence electrons. The van der Waals surface area contributed by atoms with Crippen LogP contribution in [0.2, 0.25) is 0 Å². The number of carbonyl (C=O) groups is 2. The number of hydrogen-bond acceptors (Lipinski definition) is 3. The van der Waals surface area contributed by atoms with Gasteiger partial charge in [-0.05, 0) is 32.6 Å². The molecule has 0 bridgehead atoms. The van der Waals surface area contributed by atoms with Crippen molar-refractivity contribution in [1.29, 1.82) is 0 Å². The molecule has 2 rings (SSSR count). The molecule has 0 aromatic heterocycles. The maximum Gasteiger partial charge on any atom is 0.149 e. The first kappa shape index (κ1) is 10.8. The van der Waals surface area contributed by atoms with Gasteiger partial charge in [-0.25, -0.2) is 0 Å². The Morgan fingerprint density at radius 2 is 2.20 bits per heavy atom. The van der Waals surface area contributed by atoms with Crippen molar-refractivity contribution in [1.82, 2.24) is 0 Å². The SMILES string of the molecule is CCOCCC(=O)C1CCC2(CC2)C1=O. The molecule has 0 N–H and O–H groups in total. The first-order valence-electron chi connectivity index (χ1n) is 5.84. The molecule has 2 saturated carbocycles. The topological polar surface area (TPSA) is 43.4 Å². The molecule has 0 amide bonds. The van der Waals surface area contributed by atoms with Gasteiger partial charge in [-0.3, -0.25) is 9.59 Å². The fourth-order valence-corrected chi connectivity index (χ4v) is 2.49. The van der Waals surface area contributed by atoms with Crippen LogP contribution in [0.3, 0.4) is 0 Å². The normalized spacial score (nSPS) is 27.3. The predicted octanol–water partition coefficient (Wildman–Crippen LogP) is 1.74. The maximum atomic E-state index is 11.9. The molecule has 2 aliphatic carbocycles. The first-order chi connectivity index (χ1) is 7.19. The smallest absolute Gasteiger partial charge is 0.149 e. The van der Waals surface area contributed by atoms with E-state index in [4.69, 9.17) is 4.74 Å². The summed E-state index contributed by atoms with van der Waals surface area (Å²) in [4.78, 5) is 23.6. The Bertz CT molecular complexity index is 279. The summed E-state index contributed by atoms with van der Waals surface area (Å²) in [5, 5.41) is 0. The Morgan fingerprint density at radius 3 is 2.73 bits per heavy atom. The summed E-state index contributed by atoms with van der Waals surface area (Å²) in [7, 11) is 0. The molecule has 0 radical (unpaired) electrons. The van der Waals surface area contributed by atoms with Gasteiger partial charge < -0.3 is 4.74 Å². The minimum Gasteiger partial charge on any atom is -0.381 e. The summed E-state index contributed by atoms with van der Waals surface area (Å²) in [6.07, 6.45) is 4.16. The van der Waals surface area contributed by atoms with Crippen molar-refractivity contribution in [3.63, 3.8) is 0 Å². The molecule has 1 atom stereocenters. The predicted molar refractivity (Wildman–Crippen MR) is 55.5 cm³/mol. The lowest BCUT2D eigenvalue weighted by atomic mass is 9.96. The van der Waals surface area contributed by atoms with Crippen molar-refractivity contribution < 1.29 is 14.3 Å². The van der Waals surface area contributed by atoms with Crippen molar-refractivity contribution >= 4 is 11.6 Å². The summed E-state index contributed by atoms with van der Waals surface area (Å²) in [6, 6.07) is 0. The standard InChI is InChI=1S/C12H18O3/c1-2-15-8-4-10(13)9-3-5-12(6-7-12)11(9)14/h9H,2-8H2,1H3. The van der Waals surface area contributed by atoms with Gasteiger partial charge in [-0.2, -0.15) is 0 Å². The van der Waals surface area contributed by atoms with Gasteiger partial charge in [0.25, 0.3) is 0 Å². The van der Waals surface area contributed by atoms with E-state index >= 15 is 0 Å². The van der Waals surface area contributed by atoms with Crippen LogP contribution in [0.25, 0.3) is 0 Å². The van der Waals surface area contributed by atoms with Crippen LogP contribution in [0.1, 0.15) is 39.0 Å². The van der Waals surface area contributed by atoms with Crippen molar-refractivity contribution in [3.8, 4) is 0 Å². The molecule has 0 aromatic carbocycles. The van der Waals surface area contributed by atoms with Gasteiger partial charge in [-0.1, -0.05) is 0 Å². The van der Waals surface area contributed by atoms with Gasteiger partial charge in [-0.15, -0.1) is 0 Å². The van der Waals surface area contributed by atoms with E-state index in [0.29, 0.717) is 19.6 Å². The molecule has 0 saturated heterocycles. The largest absolute Gasteiger partial charge is 0.381 e. The third kappa shape index (κ3) is 1.98. The minimum absolute atomic E-state index is 0.0497. The van der Waals surface area contributed by atoms with Crippen molar-refractivity contribution in [2.45, 2.75) is 39.0 Å². The number of Topliss-reactive ketones (excluding diaryl/α,β-unsaturated/α-hetero) is 2. The Labute approximate surface area is 90.2 Å². The summed E-state index contributed by atoms with van der Waals surface area (Å²) in [5.41, 5.74) is -0.0497. The summed E-state index contributed by atoms with van der Waals surface area (Å²) >= 11 is 0. The maximum absolute atomic E-state index is 11.9. The van der Waals surface area contributed by atoms with E-state index in [0.717, 1.165) is 25.7 Å². The lowest BCUT2D eigenvalue weighted by molar-refractivity contribution is -0.133. The van der Waals surface area contributed by atoms with Gasteiger partial charge in [0.1, 0.15) is 11.6 Å². The Kier molecular flexibility index (Phi) is 2.91. The molecule has 2 aliphatic rings. The highest BCUT2D eigenvalue weighted by Crippen LogP contribution is 2.57. The molecule has 1 unspecified atom stereocenters. The molecule has 0 heterocycles. The highest BCUT2D eigenvalue weighted by molar-refractivity contribution is 6.07. The number of ether oxygens (including phenoxy) is 1. The molecular formula is C12H18O3. The van der Waals surface area contributed by atoms with Crippen LogP contribution in [-0.4, -0.2) is 24.8 Å². The molecule has 2 fully saturated rings. The lowest BCUT2D eigenvalue weighted by Gasteiger charge is -2.08. The fourth-order valence-electron chi connectivity index (χ4n) is 2.49. The van der Waals surface area contributed by atoms with E-state index < -0.39 is 0 Å². The Balaban J connectivity index is 1.84. The van der Waals surface area contributed by atoms with Crippen LogP contribution in [0.5, 0.6) is 0 Å². The molecular weight excluding hydrogens is 192 g/mol. The highest BCUT2D eigenvalue weighted by Gasteiger charge is 2.57. The summed E-state index contributed by atoms with van der Waals surface area (Å²) < 4.78 is 5.13. The van der Waals surface area contributed by atoms with E-state index in [2.05, 4.69) is 0 Å². The second-order valence-corrected chi connectivity index (χ2v) is 4.65. The molecule has 0 aliphatic heterocycles. The molecule has 0 aromatic rings. The monoisotopic (exact) mass is 210 g/mol. The van der Waals surface area contributed by atoms with Crippen molar-refractivity contribution in [2.24, 2.45) is 11.3 Å². The molecule has 1 spiro atoms. The van der Waals surface area contributed by atoms with E-state index in [-0.39, 0.29) is 22.9 Å².